The molecule has 0 heterocycles. The number of carbonyl (C=O) groups is 2. The first kappa shape index (κ1) is 30.4. The van der Waals surface area contributed by atoms with Crippen LogP contribution in [0.3, 0.4) is 0 Å². The minimum absolute atomic E-state index is 0.0239. The van der Waals surface area contributed by atoms with Crippen LogP contribution in [-0.2, 0) is 32.3 Å². The van der Waals surface area contributed by atoms with Gasteiger partial charge in [-0.05, 0) is 58.4 Å². The Balaban J connectivity index is 2.49. The summed E-state index contributed by atoms with van der Waals surface area (Å²) in [5.74, 6) is -1.24. The third-order valence-electron chi connectivity index (χ3n) is 5.36. The summed E-state index contributed by atoms with van der Waals surface area (Å²) in [5.41, 5.74) is -0.547. The quantitative estimate of drug-likeness (QED) is 0.503. The van der Waals surface area contributed by atoms with Gasteiger partial charge in [0.05, 0.1) is 22.5 Å². The van der Waals surface area contributed by atoms with Crippen molar-refractivity contribution < 1.29 is 31.2 Å². The first-order valence-electron chi connectivity index (χ1n) is 11.3. The van der Waals surface area contributed by atoms with Crippen LogP contribution in [0.1, 0.15) is 44.4 Å². The number of benzene rings is 2. The molecule has 0 aliphatic rings. The molecule has 204 valence electrons. The van der Waals surface area contributed by atoms with Crippen LogP contribution in [0.2, 0.25) is 5.02 Å². The summed E-state index contributed by atoms with van der Waals surface area (Å²) in [6.45, 7) is 7.86. The lowest BCUT2D eigenvalue weighted by Crippen LogP contribution is -2.54. The van der Waals surface area contributed by atoms with Crippen molar-refractivity contribution in [1.29, 1.82) is 0 Å². The molecule has 0 aliphatic carbocycles. The highest BCUT2D eigenvalue weighted by molar-refractivity contribution is 7.92. The van der Waals surface area contributed by atoms with Gasteiger partial charge >= 0.3 is 6.18 Å². The SMILES string of the molecule is Cc1ccc(CN(C(=O)CN(c2ccc(Cl)c(C(F)(F)F)c2)S(C)(=O)=O)C(C)C(=O)NC(C)(C)C)cc1. The summed E-state index contributed by atoms with van der Waals surface area (Å²) in [4.78, 5) is 27.6. The van der Waals surface area contributed by atoms with E-state index in [1.807, 2.05) is 19.1 Å². The van der Waals surface area contributed by atoms with E-state index in [0.29, 0.717) is 15.9 Å². The molecule has 1 atom stereocenters. The molecule has 1 N–H and O–H groups in total. The van der Waals surface area contributed by atoms with E-state index < -0.39 is 56.7 Å². The van der Waals surface area contributed by atoms with Crippen LogP contribution in [0, 0.1) is 6.92 Å². The van der Waals surface area contributed by atoms with Crippen LogP contribution in [0.15, 0.2) is 42.5 Å². The van der Waals surface area contributed by atoms with E-state index in [0.717, 1.165) is 24.0 Å². The molecule has 7 nitrogen and oxygen atoms in total. The highest BCUT2D eigenvalue weighted by Gasteiger charge is 2.36. The summed E-state index contributed by atoms with van der Waals surface area (Å²) in [7, 11) is -4.20. The zero-order valence-corrected chi connectivity index (χ0v) is 23.1. The van der Waals surface area contributed by atoms with Crippen molar-refractivity contribution in [2.24, 2.45) is 0 Å². The maximum Gasteiger partial charge on any atom is 0.417 e. The summed E-state index contributed by atoms with van der Waals surface area (Å²) < 4.78 is 66.0. The van der Waals surface area contributed by atoms with Crippen LogP contribution >= 0.6 is 11.6 Å². The lowest BCUT2D eigenvalue weighted by Gasteiger charge is -2.33. The van der Waals surface area contributed by atoms with Crippen molar-refractivity contribution in [3.63, 3.8) is 0 Å². The van der Waals surface area contributed by atoms with Crippen molar-refractivity contribution >= 4 is 39.1 Å². The number of anilines is 1. The first-order valence-corrected chi connectivity index (χ1v) is 13.5. The fourth-order valence-corrected chi connectivity index (χ4v) is 4.51. The predicted molar refractivity (Wildman–Crippen MR) is 138 cm³/mol. The van der Waals surface area contributed by atoms with E-state index >= 15 is 0 Å². The van der Waals surface area contributed by atoms with Gasteiger partial charge in [-0.1, -0.05) is 41.4 Å². The number of amides is 2. The molecule has 0 bridgehead atoms. The second kappa shape index (κ2) is 11.3. The highest BCUT2D eigenvalue weighted by Crippen LogP contribution is 2.37. The molecular formula is C25H31ClF3N3O4S. The fraction of sp³-hybridized carbons (Fsp3) is 0.440. The third kappa shape index (κ3) is 8.63. The topological polar surface area (TPSA) is 86.8 Å². The van der Waals surface area contributed by atoms with E-state index in [1.54, 1.807) is 32.9 Å². The van der Waals surface area contributed by atoms with Gasteiger partial charge < -0.3 is 10.2 Å². The normalized spacial score (nSPS) is 13.1. The Bertz CT molecular complexity index is 1240. The second-order valence-electron chi connectivity index (χ2n) is 9.85. The van der Waals surface area contributed by atoms with Gasteiger partial charge in [-0.2, -0.15) is 13.2 Å². The molecule has 12 heteroatoms. The summed E-state index contributed by atoms with van der Waals surface area (Å²) in [6.07, 6.45) is -4.06. The van der Waals surface area contributed by atoms with E-state index in [1.165, 1.54) is 11.8 Å². The fourth-order valence-electron chi connectivity index (χ4n) is 3.45. The van der Waals surface area contributed by atoms with Gasteiger partial charge in [-0.3, -0.25) is 13.9 Å². The molecule has 2 amide bonds. The largest absolute Gasteiger partial charge is 0.417 e. The van der Waals surface area contributed by atoms with E-state index in [4.69, 9.17) is 11.6 Å². The van der Waals surface area contributed by atoms with Crippen LogP contribution in [0.4, 0.5) is 18.9 Å². The number of halogens is 4. The molecule has 0 saturated heterocycles. The van der Waals surface area contributed by atoms with Gasteiger partial charge in [0.1, 0.15) is 12.6 Å². The number of sulfonamides is 1. The summed E-state index contributed by atoms with van der Waals surface area (Å²) in [6, 6.07) is 8.78. The zero-order valence-electron chi connectivity index (χ0n) is 21.5. The number of carbonyl (C=O) groups excluding carboxylic acids is 2. The van der Waals surface area contributed by atoms with E-state index in [-0.39, 0.29) is 12.2 Å². The standard InChI is InChI=1S/C25H31ClF3N3O4S/c1-16-7-9-18(10-8-16)14-31(17(2)23(34)30-24(3,4)5)22(33)15-32(37(6,35)36)19-11-12-21(26)20(13-19)25(27,28)29/h7-13,17H,14-15H2,1-6H3,(H,30,34). The van der Waals surface area contributed by atoms with E-state index in [2.05, 4.69) is 5.32 Å². The number of nitrogens with zero attached hydrogens (tertiary/aromatic N) is 2. The Morgan fingerprint density at radius 3 is 2.11 bits per heavy atom. The molecule has 37 heavy (non-hydrogen) atoms. The Labute approximate surface area is 220 Å². The van der Waals surface area contributed by atoms with Gasteiger partial charge in [0.2, 0.25) is 21.8 Å². The Hall–Kier alpha value is -2.79. The van der Waals surface area contributed by atoms with E-state index in [9.17, 15) is 31.2 Å². The lowest BCUT2D eigenvalue weighted by atomic mass is 10.1. The average molecular weight is 562 g/mol. The minimum Gasteiger partial charge on any atom is -0.350 e. The van der Waals surface area contributed by atoms with Gasteiger partial charge in [-0.15, -0.1) is 0 Å². The molecule has 0 aromatic heterocycles. The maximum absolute atomic E-state index is 13.5. The van der Waals surface area contributed by atoms with Crippen LogP contribution in [-0.4, -0.2) is 49.5 Å². The monoisotopic (exact) mass is 561 g/mol. The molecule has 2 aromatic rings. The summed E-state index contributed by atoms with van der Waals surface area (Å²) >= 11 is 5.68. The Morgan fingerprint density at radius 2 is 1.62 bits per heavy atom. The molecular weight excluding hydrogens is 531 g/mol. The molecule has 0 aliphatic heterocycles. The average Bonchev–Trinajstić information content (AvgIpc) is 2.74. The maximum atomic E-state index is 13.5. The van der Waals surface area contributed by atoms with Crippen molar-refractivity contribution in [1.82, 2.24) is 10.2 Å². The minimum atomic E-state index is -4.84. The number of nitrogens with one attached hydrogen (secondary N) is 1. The molecule has 1 unspecified atom stereocenters. The van der Waals surface area contributed by atoms with Gasteiger partial charge in [0, 0.05) is 12.1 Å². The Morgan fingerprint density at radius 1 is 1.05 bits per heavy atom. The van der Waals surface area contributed by atoms with Crippen LogP contribution in [0.5, 0.6) is 0 Å². The molecule has 0 spiro atoms. The highest BCUT2D eigenvalue weighted by atomic mass is 35.5. The van der Waals surface area contributed by atoms with Crippen molar-refractivity contribution in [3.8, 4) is 0 Å². The Kier molecular flexibility index (Phi) is 9.30. The van der Waals surface area contributed by atoms with Gasteiger partial charge in [0.15, 0.2) is 0 Å². The molecule has 2 rings (SSSR count). The van der Waals surface area contributed by atoms with Gasteiger partial charge in [0.25, 0.3) is 0 Å². The molecule has 0 saturated carbocycles. The smallest absolute Gasteiger partial charge is 0.350 e. The number of hydrogen-bond acceptors (Lipinski definition) is 4. The number of rotatable bonds is 8. The van der Waals surface area contributed by atoms with Gasteiger partial charge in [-0.25, -0.2) is 8.42 Å². The third-order valence-corrected chi connectivity index (χ3v) is 6.83. The van der Waals surface area contributed by atoms with Crippen LogP contribution in [0.25, 0.3) is 0 Å². The molecule has 2 aromatic carbocycles. The number of hydrogen-bond donors (Lipinski definition) is 1. The van der Waals surface area contributed by atoms with Crippen LogP contribution < -0.4 is 9.62 Å². The number of alkyl halides is 3. The lowest BCUT2D eigenvalue weighted by molar-refractivity contribution is -0.140. The molecule has 0 fully saturated rings. The summed E-state index contributed by atoms with van der Waals surface area (Å²) in [5, 5.41) is 2.18. The number of aryl methyl sites for hydroxylation is 1. The molecule has 0 radical (unpaired) electrons. The van der Waals surface area contributed by atoms with Crippen molar-refractivity contribution in [3.05, 3.63) is 64.2 Å². The second-order valence-corrected chi connectivity index (χ2v) is 12.2. The van der Waals surface area contributed by atoms with Crippen molar-refractivity contribution in [2.75, 3.05) is 17.1 Å². The first-order chi connectivity index (χ1) is 16.8. The zero-order chi connectivity index (χ0) is 28.3. The predicted octanol–water partition coefficient (Wildman–Crippen LogP) is 4.77. The van der Waals surface area contributed by atoms with Crippen molar-refractivity contribution in [2.45, 2.75) is 58.9 Å².